The van der Waals surface area contributed by atoms with Crippen molar-refractivity contribution in [2.45, 2.75) is 18.9 Å². The molecule has 0 spiro atoms. The Morgan fingerprint density at radius 1 is 0.968 bits per heavy atom. The number of nitrogens with one attached hydrogen (secondary N) is 1. The van der Waals surface area contributed by atoms with Crippen molar-refractivity contribution in [3.8, 4) is 11.5 Å². The molecule has 31 heavy (non-hydrogen) atoms. The van der Waals surface area contributed by atoms with Gasteiger partial charge in [0.15, 0.2) is 0 Å². The molecule has 1 atom stereocenters. The van der Waals surface area contributed by atoms with Gasteiger partial charge in [0.2, 0.25) is 0 Å². The van der Waals surface area contributed by atoms with Gasteiger partial charge in [0.1, 0.15) is 11.5 Å². The summed E-state index contributed by atoms with van der Waals surface area (Å²) in [4.78, 5) is 11.1. The van der Waals surface area contributed by atoms with E-state index < -0.39 is 5.97 Å². The standard InChI is InChI=1S/C23H21Cl3N2O3/c24-19-7-5-18(11-21(19)26)31-17-3-1-2-14(8-17)13-28-22-9-15(4-6-20(22)25)16(12-27)10-23(29)30/h1-9,11,16,28H,10,12-13,27H2,(H,29,30)/t16-/m0/s1. The average molecular weight is 480 g/mol. The SMILES string of the molecule is NC[C@H](CC(=O)O)c1ccc(Cl)c(NCc2cccc(Oc3ccc(Cl)c(Cl)c3)c2)c1. The summed E-state index contributed by atoms with van der Waals surface area (Å²) in [5.74, 6) is 0.0700. The fraction of sp³-hybridized carbons (Fsp3) is 0.174. The second kappa shape index (κ2) is 10.7. The lowest BCUT2D eigenvalue weighted by atomic mass is 9.95. The lowest BCUT2D eigenvalue weighted by molar-refractivity contribution is -0.137. The summed E-state index contributed by atoms with van der Waals surface area (Å²) in [6, 6.07) is 18.1. The zero-order valence-electron chi connectivity index (χ0n) is 16.4. The number of hydrogen-bond donors (Lipinski definition) is 3. The number of anilines is 1. The highest BCUT2D eigenvalue weighted by Crippen LogP contribution is 2.31. The van der Waals surface area contributed by atoms with Crippen LogP contribution < -0.4 is 15.8 Å². The molecular weight excluding hydrogens is 459 g/mol. The van der Waals surface area contributed by atoms with E-state index in [1.54, 1.807) is 30.3 Å². The van der Waals surface area contributed by atoms with Gasteiger partial charge < -0.3 is 20.9 Å². The number of carboxylic acid groups (broad SMARTS) is 1. The Kier molecular flexibility index (Phi) is 8.04. The van der Waals surface area contributed by atoms with Crippen molar-refractivity contribution >= 4 is 46.5 Å². The van der Waals surface area contributed by atoms with Crippen LogP contribution in [0.4, 0.5) is 5.69 Å². The third-order valence-corrected chi connectivity index (χ3v) is 5.74. The molecule has 3 rings (SSSR count). The van der Waals surface area contributed by atoms with Crippen LogP contribution in [-0.2, 0) is 11.3 Å². The van der Waals surface area contributed by atoms with Gasteiger partial charge in [0.05, 0.1) is 27.2 Å². The Labute approximate surface area is 195 Å². The first-order valence-electron chi connectivity index (χ1n) is 9.52. The monoisotopic (exact) mass is 478 g/mol. The maximum atomic E-state index is 11.1. The van der Waals surface area contributed by atoms with E-state index >= 15 is 0 Å². The maximum absolute atomic E-state index is 11.1. The number of rotatable bonds is 9. The van der Waals surface area contributed by atoms with Gasteiger partial charge in [-0.1, -0.05) is 53.0 Å². The van der Waals surface area contributed by atoms with Crippen LogP contribution in [0.15, 0.2) is 60.7 Å². The second-order valence-electron chi connectivity index (χ2n) is 6.95. The van der Waals surface area contributed by atoms with Crippen LogP contribution in [0.25, 0.3) is 0 Å². The highest BCUT2D eigenvalue weighted by atomic mass is 35.5. The van der Waals surface area contributed by atoms with Gasteiger partial charge in [0.25, 0.3) is 0 Å². The van der Waals surface area contributed by atoms with Gasteiger partial charge in [0, 0.05) is 18.5 Å². The van der Waals surface area contributed by atoms with Crippen LogP contribution in [0.3, 0.4) is 0 Å². The summed E-state index contributed by atoms with van der Waals surface area (Å²) in [6.07, 6.45) is -0.0360. The number of benzene rings is 3. The van der Waals surface area contributed by atoms with Crippen molar-refractivity contribution in [3.63, 3.8) is 0 Å². The van der Waals surface area contributed by atoms with E-state index in [-0.39, 0.29) is 18.9 Å². The molecule has 0 amide bonds. The van der Waals surface area contributed by atoms with Crippen LogP contribution >= 0.6 is 34.8 Å². The smallest absolute Gasteiger partial charge is 0.304 e. The topological polar surface area (TPSA) is 84.6 Å². The number of nitrogens with two attached hydrogens (primary N) is 1. The lowest BCUT2D eigenvalue weighted by Gasteiger charge is -2.16. The third-order valence-electron chi connectivity index (χ3n) is 4.68. The molecular formula is C23H21Cl3N2O3. The molecule has 0 heterocycles. The molecule has 0 saturated carbocycles. The van der Waals surface area contributed by atoms with E-state index in [0.717, 1.165) is 11.1 Å². The van der Waals surface area contributed by atoms with Gasteiger partial charge in [-0.3, -0.25) is 4.79 Å². The molecule has 8 heteroatoms. The second-order valence-corrected chi connectivity index (χ2v) is 8.17. The molecule has 0 bridgehead atoms. The molecule has 0 aliphatic rings. The minimum absolute atomic E-state index is 0.0360. The number of carbonyl (C=O) groups is 1. The van der Waals surface area contributed by atoms with Gasteiger partial charge in [-0.15, -0.1) is 0 Å². The first-order valence-corrected chi connectivity index (χ1v) is 10.7. The zero-order chi connectivity index (χ0) is 22.4. The highest BCUT2D eigenvalue weighted by Gasteiger charge is 2.15. The van der Waals surface area contributed by atoms with E-state index in [1.165, 1.54) is 0 Å². The van der Waals surface area contributed by atoms with Crippen molar-refractivity contribution in [3.05, 3.63) is 86.9 Å². The molecule has 3 aromatic rings. The van der Waals surface area contributed by atoms with E-state index in [2.05, 4.69) is 5.32 Å². The fourth-order valence-corrected chi connectivity index (χ4v) is 3.55. The number of halogens is 3. The van der Waals surface area contributed by atoms with Gasteiger partial charge in [-0.25, -0.2) is 0 Å². The number of ether oxygens (including phenoxy) is 1. The lowest BCUT2D eigenvalue weighted by Crippen LogP contribution is -2.16. The number of carboxylic acids is 1. The Bertz CT molecular complexity index is 1080. The Morgan fingerprint density at radius 2 is 1.71 bits per heavy atom. The van der Waals surface area contributed by atoms with Crippen molar-refractivity contribution in [1.82, 2.24) is 0 Å². The van der Waals surface area contributed by atoms with Crippen molar-refractivity contribution < 1.29 is 14.6 Å². The molecule has 0 aliphatic carbocycles. The predicted octanol–water partition coefficient (Wildman–Crippen LogP) is 6.57. The molecule has 5 nitrogen and oxygen atoms in total. The van der Waals surface area contributed by atoms with Crippen LogP contribution in [-0.4, -0.2) is 17.6 Å². The molecule has 3 aromatic carbocycles. The summed E-state index contributed by atoms with van der Waals surface area (Å²) < 4.78 is 5.87. The Morgan fingerprint density at radius 3 is 2.42 bits per heavy atom. The van der Waals surface area contributed by atoms with Crippen molar-refractivity contribution in [2.75, 3.05) is 11.9 Å². The van der Waals surface area contributed by atoms with Crippen molar-refractivity contribution in [2.24, 2.45) is 5.73 Å². The van der Waals surface area contributed by atoms with Crippen LogP contribution in [0.5, 0.6) is 11.5 Å². The summed E-state index contributed by atoms with van der Waals surface area (Å²) in [5.41, 5.74) is 8.26. The highest BCUT2D eigenvalue weighted by molar-refractivity contribution is 6.42. The third kappa shape index (κ3) is 6.52. The van der Waals surface area contributed by atoms with E-state index in [1.807, 2.05) is 30.3 Å². The summed E-state index contributed by atoms with van der Waals surface area (Å²) >= 11 is 18.3. The van der Waals surface area contributed by atoms with Gasteiger partial charge in [-0.05, 0) is 54.1 Å². The molecule has 0 aromatic heterocycles. The first-order chi connectivity index (χ1) is 14.9. The predicted molar refractivity (Wildman–Crippen MR) is 126 cm³/mol. The molecule has 0 fully saturated rings. The van der Waals surface area contributed by atoms with Gasteiger partial charge in [-0.2, -0.15) is 0 Å². The van der Waals surface area contributed by atoms with E-state index in [9.17, 15) is 4.79 Å². The van der Waals surface area contributed by atoms with Crippen LogP contribution in [0.2, 0.25) is 15.1 Å². The quantitative estimate of drug-likeness (QED) is 0.323. The Balaban J connectivity index is 1.71. The molecule has 0 unspecified atom stereocenters. The Hall–Kier alpha value is -2.44. The minimum Gasteiger partial charge on any atom is -0.481 e. The van der Waals surface area contributed by atoms with Crippen molar-refractivity contribution in [1.29, 1.82) is 0 Å². The maximum Gasteiger partial charge on any atom is 0.304 e. The van der Waals surface area contributed by atoms with E-state index in [0.29, 0.717) is 38.8 Å². The minimum atomic E-state index is -0.890. The summed E-state index contributed by atoms with van der Waals surface area (Å²) in [6.45, 7) is 0.732. The van der Waals surface area contributed by atoms with Gasteiger partial charge >= 0.3 is 5.97 Å². The van der Waals surface area contributed by atoms with Crippen LogP contribution in [0, 0.1) is 0 Å². The summed E-state index contributed by atoms with van der Waals surface area (Å²) in [7, 11) is 0. The molecule has 0 saturated heterocycles. The van der Waals surface area contributed by atoms with E-state index in [4.69, 9.17) is 50.4 Å². The molecule has 0 radical (unpaired) electrons. The number of aliphatic carboxylic acids is 1. The zero-order valence-corrected chi connectivity index (χ0v) is 18.7. The normalized spacial score (nSPS) is 11.7. The number of hydrogen-bond acceptors (Lipinski definition) is 4. The molecule has 4 N–H and O–H groups in total. The molecule has 162 valence electrons. The first kappa shape index (κ1) is 23.2. The fourth-order valence-electron chi connectivity index (χ4n) is 3.07. The average Bonchev–Trinajstić information content (AvgIpc) is 2.74. The summed E-state index contributed by atoms with van der Waals surface area (Å²) in [5, 5.41) is 13.8. The largest absolute Gasteiger partial charge is 0.481 e. The van der Waals surface area contributed by atoms with Crippen LogP contribution in [0.1, 0.15) is 23.5 Å². The molecule has 0 aliphatic heterocycles.